The summed E-state index contributed by atoms with van der Waals surface area (Å²) in [7, 11) is 0. The van der Waals surface area contributed by atoms with Crippen LogP contribution in [0.3, 0.4) is 0 Å². The first-order valence-electron chi connectivity index (χ1n) is 7.90. The van der Waals surface area contributed by atoms with Crippen molar-refractivity contribution in [1.29, 1.82) is 0 Å². The van der Waals surface area contributed by atoms with Gasteiger partial charge in [-0.15, -0.1) is 12.4 Å². The zero-order valence-corrected chi connectivity index (χ0v) is 14.3. The molecule has 1 aromatic rings. The van der Waals surface area contributed by atoms with Crippen LogP contribution in [0.2, 0.25) is 0 Å². The Morgan fingerprint density at radius 3 is 2.41 bits per heavy atom. The SMILES string of the molecule is CC(C)N1CCC(NC(=O)C(N)Cc2ccccc2)CC1.Cl. The normalized spacial score (nSPS) is 17.8. The molecule has 0 saturated carbocycles. The Balaban J connectivity index is 0.00000242. The summed E-state index contributed by atoms with van der Waals surface area (Å²) in [4.78, 5) is 14.6. The van der Waals surface area contributed by atoms with Gasteiger partial charge in [-0.2, -0.15) is 0 Å². The van der Waals surface area contributed by atoms with E-state index in [4.69, 9.17) is 5.73 Å². The van der Waals surface area contributed by atoms with E-state index in [1.807, 2.05) is 30.3 Å². The van der Waals surface area contributed by atoms with Crippen molar-refractivity contribution < 1.29 is 4.79 Å². The lowest BCUT2D eigenvalue weighted by molar-refractivity contribution is -0.123. The van der Waals surface area contributed by atoms with Crippen LogP contribution >= 0.6 is 12.4 Å². The number of likely N-dealkylation sites (tertiary alicyclic amines) is 1. The molecule has 0 bridgehead atoms. The van der Waals surface area contributed by atoms with Gasteiger partial charge in [-0.25, -0.2) is 0 Å². The Bertz CT molecular complexity index is 444. The number of piperidine rings is 1. The second-order valence-electron chi connectivity index (χ2n) is 6.21. The fourth-order valence-corrected chi connectivity index (χ4v) is 2.83. The highest BCUT2D eigenvalue weighted by molar-refractivity contribution is 5.85. The predicted molar refractivity (Wildman–Crippen MR) is 93.2 cm³/mol. The van der Waals surface area contributed by atoms with Crippen LogP contribution in [0.25, 0.3) is 0 Å². The first-order valence-corrected chi connectivity index (χ1v) is 7.90. The molecule has 1 amide bonds. The van der Waals surface area contributed by atoms with Gasteiger partial charge in [0.1, 0.15) is 0 Å². The number of halogens is 1. The third kappa shape index (κ3) is 5.59. The van der Waals surface area contributed by atoms with Crippen molar-refractivity contribution in [2.45, 2.75) is 51.2 Å². The maximum absolute atomic E-state index is 12.2. The van der Waals surface area contributed by atoms with Crippen LogP contribution in [0.15, 0.2) is 30.3 Å². The Morgan fingerprint density at radius 2 is 1.86 bits per heavy atom. The molecule has 1 aromatic carbocycles. The van der Waals surface area contributed by atoms with E-state index in [1.54, 1.807) is 0 Å². The van der Waals surface area contributed by atoms with Gasteiger partial charge in [0, 0.05) is 25.2 Å². The monoisotopic (exact) mass is 325 g/mol. The molecule has 5 heteroatoms. The van der Waals surface area contributed by atoms with E-state index in [1.165, 1.54) is 0 Å². The van der Waals surface area contributed by atoms with Crippen LogP contribution in [0.4, 0.5) is 0 Å². The van der Waals surface area contributed by atoms with E-state index >= 15 is 0 Å². The molecule has 1 fully saturated rings. The maximum atomic E-state index is 12.2. The van der Waals surface area contributed by atoms with Crippen LogP contribution in [-0.4, -0.2) is 42.0 Å². The third-order valence-electron chi connectivity index (χ3n) is 4.24. The van der Waals surface area contributed by atoms with E-state index in [0.717, 1.165) is 31.5 Å². The number of hydrogen-bond donors (Lipinski definition) is 2. The molecule has 1 unspecified atom stereocenters. The molecule has 124 valence electrons. The number of nitrogens with two attached hydrogens (primary N) is 1. The average molecular weight is 326 g/mol. The molecule has 1 aliphatic heterocycles. The fraction of sp³-hybridized carbons (Fsp3) is 0.588. The molecule has 1 atom stereocenters. The van der Waals surface area contributed by atoms with Crippen molar-refractivity contribution in [3.05, 3.63) is 35.9 Å². The smallest absolute Gasteiger partial charge is 0.237 e. The van der Waals surface area contributed by atoms with Crippen molar-refractivity contribution in [2.24, 2.45) is 5.73 Å². The number of amides is 1. The zero-order chi connectivity index (χ0) is 15.2. The minimum Gasteiger partial charge on any atom is -0.352 e. The molecular formula is C17H28ClN3O. The summed E-state index contributed by atoms with van der Waals surface area (Å²) < 4.78 is 0. The molecule has 0 aliphatic carbocycles. The van der Waals surface area contributed by atoms with Gasteiger partial charge in [0.05, 0.1) is 6.04 Å². The van der Waals surface area contributed by atoms with Crippen molar-refractivity contribution >= 4 is 18.3 Å². The fourth-order valence-electron chi connectivity index (χ4n) is 2.83. The van der Waals surface area contributed by atoms with Gasteiger partial charge in [0.15, 0.2) is 0 Å². The number of hydrogen-bond acceptors (Lipinski definition) is 3. The first-order chi connectivity index (χ1) is 10.1. The molecule has 3 N–H and O–H groups in total. The molecule has 0 aromatic heterocycles. The molecule has 1 heterocycles. The van der Waals surface area contributed by atoms with Gasteiger partial charge in [0.2, 0.25) is 5.91 Å². The minimum absolute atomic E-state index is 0. The second-order valence-corrected chi connectivity index (χ2v) is 6.21. The molecule has 2 rings (SSSR count). The van der Waals surface area contributed by atoms with E-state index in [2.05, 4.69) is 24.1 Å². The molecule has 0 radical (unpaired) electrons. The van der Waals surface area contributed by atoms with Crippen molar-refractivity contribution in [2.75, 3.05) is 13.1 Å². The largest absolute Gasteiger partial charge is 0.352 e. The third-order valence-corrected chi connectivity index (χ3v) is 4.24. The van der Waals surface area contributed by atoms with Gasteiger partial charge >= 0.3 is 0 Å². The number of nitrogens with zero attached hydrogens (tertiary/aromatic N) is 1. The number of benzene rings is 1. The highest BCUT2D eigenvalue weighted by Gasteiger charge is 2.23. The second kappa shape index (κ2) is 9.13. The Labute approximate surface area is 139 Å². The predicted octanol–water partition coefficient (Wildman–Crippen LogP) is 1.97. The number of carbonyl (C=O) groups excluding carboxylic acids is 1. The number of nitrogens with one attached hydrogen (secondary N) is 1. The summed E-state index contributed by atoms with van der Waals surface area (Å²) in [5, 5.41) is 3.11. The lowest BCUT2D eigenvalue weighted by Gasteiger charge is -2.35. The van der Waals surface area contributed by atoms with Crippen molar-refractivity contribution in [1.82, 2.24) is 10.2 Å². The lowest BCUT2D eigenvalue weighted by Crippen LogP contribution is -2.51. The summed E-state index contributed by atoms with van der Waals surface area (Å²) in [5.74, 6) is -0.0261. The van der Waals surface area contributed by atoms with Crippen molar-refractivity contribution in [3.63, 3.8) is 0 Å². The maximum Gasteiger partial charge on any atom is 0.237 e. The van der Waals surface area contributed by atoms with Crippen LogP contribution < -0.4 is 11.1 Å². The molecule has 0 spiro atoms. The standard InChI is InChI=1S/C17H27N3O.ClH/c1-13(2)20-10-8-15(9-11-20)19-17(21)16(18)12-14-6-4-3-5-7-14;/h3-7,13,15-16H,8-12,18H2,1-2H3,(H,19,21);1H. The zero-order valence-electron chi connectivity index (χ0n) is 13.5. The van der Waals surface area contributed by atoms with Gasteiger partial charge in [-0.1, -0.05) is 30.3 Å². The Morgan fingerprint density at radius 1 is 1.27 bits per heavy atom. The number of rotatable bonds is 5. The summed E-state index contributed by atoms with van der Waals surface area (Å²) in [6.45, 7) is 6.54. The van der Waals surface area contributed by atoms with Crippen LogP contribution in [0.5, 0.6) is 0 Å². The van der Waals surface area contributed by atoms with Gasteiger partial charge in [0.25, 0.3) is 0 Å². The van der Waals surface area contributed by atoms with Crippen LogP contribution in [0, 0.1) is 0 Å². The minimum atomic E-state index is -0.462. The first kappa shape index (κ1) is 18.9. The summed E-state index contributed by atoms with van der Waals surface area (Å²) in [5.41, 5.74) is 7.13. The quantitative estimate of drug-likeness (QED) is 0.870. The molecule has 22 heavy (non-hydrogen) atoms. The van der Waals surface area contributed by atoms with E-state index in [0.29, 0.717) is 12.5 Å². The average Bonchev–Trinajstić information content (AvgIpc) is 2.48. The summed E-state index contributed by atoms with van der Waals surface area (Å²) in [6, 6.07) is 10.3. The topological polar surface area (TPSA) is 58.4 Å². The molecular weight excluding hydrogens is 298 g/mol. The van der Waals surface area contributed by atoms with E-state index < -0.39 is 6.04 Å². The Hall–Kier alpha value is -1.10. The van der Waals surface area contributed by atoms with Gasteiger partial charge < -0.3 is 16.0 Å². The summed E-state index contributed by atoms with van der Waals surface area (Å²) in [6.07, 6.45) is 2.63. The van der Waals surface area contributed by atoms with Gasteiger partial charge in [-0.3, -0.25) is 4.79 Å². The number of carbonyl (C=O) groups is 1. The van der Waals surface area contributed by atoms with Crippen LogP contribution in [0.1, 0.15) is 32.3 Å². The van der Waals surface area contributed by atoms with E-state index in [-0.39, 0.29) is 24.4 Å². The van der Waals surface area contributed by atoms with Crippen LogP contribution in [-0.2, 0) is 11.2 Å². The lowest BCUT2D eigenvalue weighted by atomic mass is 10.0. The van der Waals surface area contributed by atoms with E-state index in [9.17, 15) is 4.79 Å². The molecule has 1 saturated heterocycles. The summed E-state index contributed by atoms with van der Waals surface area (Å²) >= 11 is 0. The molecule has 4 nitrogen and oxygen atoms in total. The highest BCUT2D eigenvalue weighted by Crippen LogP contribution is 2.13. The van der Waals surface area contributed by atoms with Gasteiger partial charge in [-0.05, 0) is 38.7 Å². The van der Waals surface area contributed by atoms with Crippen molar-refractivity contribution in [3.8, 4) is 0 Å². The Kier molecular flexibility index (Phi) is 7.87. The highest BCUT2D eigenvalue weighted by atomic mass is 35.5. The molecule has 1 aliphatic rings.